The van der Waals surface area contributed by atoms with Crippen molar-refractivity contribution in [1.29, 1.82) is 0 Å². The van der Waals surface area contributed by atoms with Crippen LogP contribution in [0.15, 0.2) is 36.4 Å². The van der Waals surface area contributed by atoms with Gasteiger partial charge in [-0.1, -0.05) is 41.4 Å². The molecule has 2 aromatic carbocycles. The summed E-state index contributed by atoms with van der Waals surface area (Å²) in [5.41, 5.74) is 10.2. The third kappa shape index (κ3) is 2.55. The highest BCUT2D eigenvalue weighted by Crippen LogP contribution is 2.26. The summed E-state index contributed by atoms with van der Waals surface area (Å²) in [6, 6.07) is 10.5. The van der Waals surface area contributed by atoms with Gasteiger partial charge in [0.25, 0.3) is 0 Å². The van der Waals surface area contributed by atoms with Crippen LogP contribution in [0, 0.1) is 19.7 Å². The van der Waals surface area contributed by atoms with Crippen LogP contribution in [0.3, 0.4) is 0 Å². The Morgan fingerprint density at radius 2 is 1.83 bits per heavy atom. The van der Waals surface area contributed by atoms with Crippen molar-refractivity contribution in [2.24, 2.45) is 5.73 Å². The molecule has 0 spiro atoms. The van der Waals surface area contributed by atoms with Gasteiger partial charge >= 0.3 is 0 Å². The first-order chi connectivity index (χ1) is 8.49. The van der Waals surface area contributed by atoms with Crippen LogP contribution in [-0.4, -0.2) is 0 Å². The number of aryl methyl sites for hydroxylation is 2. The molecule has 2 N–H and O–H groups in total. The first-order valence-electron chi connectivity index (χ1n) is 5.76. The van der Waals surface area contributed by atoms with E-state index in [4.69, 9.17) is 17.3 Å². The van der Waals surface area contributed by atoms with Gasteiger partial charge < -0.3 is 5.73 Å². The van der Waals surface area contributed by atoms with Crippen LogP contribution in [0.2, 0.25) is 5.02 Å². The van der Waals surface area contributed by atoms with E-state index in [1.54, 1.807) is 6.07 Å². The average molecular weight is 264 g/mol. The molecule has 0 aliphatic heterocycles. The van der Waals surface area contributed by atoms with Crippen molar-refractivity contribution < 1.29 is 4.39 Å². The molecule has 1 nitrogen and oxygen atoms in total. The summed E-state index contributed by atoms with van der Waals surface area (Å²) in [6.45, 7) is 4.01. The number of benzene rings is 2. The van der Waals surface area contributed by atoms with E-state index < -0.39 is 5.82 Å². The standard InChI is InChI=1S/C15H15ClFN/c1-9-3-4-10(2)12(7-9)15(18)11-5-6-13(16)14(17)8-11/h3-8,15H,18H2,1-2H3. The molecule has 3 heteroatoms. The van der Waals surface area contributed by atoms with Crippen molar-refractivity contribution in [2.45, 2.75) is 19.9 Å². The maximum absolute atomic E-state index is 13.4. The Morgan fingerprint density at radius 3 is 2.50 bits per heavy atom. The predicted molar refractivity (Wildman–Crippen MR) is 73.4 cm³/mol. The van der Waals surface area contributed by atoms with Gasteiger partial charge in [-0.2, -0.15) is 0 Å². The average Bonchev–Trinajstić information content (AvgIpc) is 2.35. The lowest BCUT2D eigenvalue weighted by Gasteiger charge is -2.16. The number of hydrogen-bond acceptors (Lipinski definition) is 1. The molecule has 2 rings (SSSR count). The molecular formula is C15H15ClFN. The van der Waals surface area contributed by atoms with E-state index >= 15 is 0 Å². The van der Waals surface area contributed by atoms with Crippen molar-refractivity contribution in [3.63, 3.8) is 0 Å². The molecule has 0 fully saturated rings. The summed E-state index contributed by atoms with van der Waals surface area (Å²) in [4.78, 5) is 0. The van der Waals surface area contributed by atoms with E-state index in [0.717, 1.165) is 22.3 Å². The molecule has 0 amide bonds. The zero-order chi connectivity index (χ0) is 13.3. The maximum atomic E-state index is 13.4. The summed E-state index contributed by atoms with van der Waals surface area (Å²) in [7, 11) is 0. The molecule has 0 aliphatic carbocycles. The zero-order valence-corrected chi connectivity index (χ0v) is 11.1. The summed E-state index contributed by atoms with van der Waals surface area (Å²) in [5.74, 6) is -0.435. The lowest BCUT2D eigenvalue weighted by molar-refractivity contribution is 0.624. The zero-order valence-electron chi connectivity index (χ0n) is 10.4. The van der Waals surface area contributed by atoms with E-state index in [2.05, 4.69) is 0 Å². The molecule has 94 valence electrons. The summed E-state index contributed by atoms with van der Waals surface area (Å²) in [6.07, 6.45) is 0. The van der Waals surface area contributed by atoms with Gasteiger partial charge in [0, 0.05) is 0 Å². The van der Waals surface area contributed by atoms with Gasteiger partial charge in [-0.15, -0.1) is 0 Å². The molecule has 1 atom stereocenters. The van der Waals surface area contributed by atoms with Gasteiger partial charge in [0.15, 0.2) is 0 Å². The van der Waals surface area contributed by atoms with Gasteiger partial charge in [-0.3, -0.25) is 0 Å². The summed E-state index contributed by atoms with van der Waals surface area (Å²) >= 11 is 5.67. The van der Waals surface area contributed by atoms with E-state index in [-0.39, 0.29) is 11.1 Å². The molecule has 0 radical (unpaired) electrons. The Morgan fingerprint density at radius 1 is 1.11 bits per heavy atom. The fourth-order valence-corrected chi connectivity index (χ4v) is 2.10. The van der Waals surface area contributed by atoms with Crippen molar-refractivity contribution in [3.8, 4) is 0 Å². The fraction of sp³-hybridized carbons (Fsp3) is 0.200. The van der Waals surface area contributed by atoms with Crippen LogP contribution < -0.4 is 5.73 Å². The lowest BCUT2D eigenvalue weighted by atomic mass is 9.94. The van der Waals surface area contributed by atoms with Crippen molar-refractivity contribution >= 4 is 11.6 Å². The Kier molecular flexibility index (Phi) is 3.69. The van der Waals surface area contributed by atoms with Crippen molar-refractivity contribution in [1.82, 2.24) is 0 Å². The minimum Gasteiger partial charge on any atom is -0.320 e. The second kappa shape index (κ2) is 5.09. The summed E-state index contributed by atoms with van der Waals surface area (Å²) < 4.78 is 13.4. The third-order valence-electron chi connectivity index (χ3n) is 3.07. The molecule has 0 aliphatic rings. The Balaban J connectivity index is 2.44. The third-order valence-corrected chi connectivity index (χ3v) is 3.38. The van der Waals surface area contributed by atoms with Crippen molar-refractivity contribution in [3.05, 3.63) is 69.5 Å². The monoisotopic (exact) mass is 263 g/mol. The number of rotatable bonds is 2. The van der Waals surface area contributed by atoms with E-state index in [9.17, 15) is 4.39 Å². The van der Waals surface area contributed by atoms with E-state index in [1.807, 2.05) is 32.0 Å². The minimum absolute atomic E-state index is 0.118. The number of hydrogen-bond donors (Lipinski definition) is 1. The minimum atomic E-state index is -0.435. The van der Waals surface area contributed by atoms with Crippen LogP contribution in [0.25, 0.3) is 0 Å². The van der Waals surface area contributed by atoms with Crippen LogP contribution in [0.5, 0.6) is 0 Å². The molecule has 0 saturated heterocycles. The Hall–Kier alpha value is -1.38. The maximum Gasteiger partial charge on any atom is 0.142 e. The molecule has 0 aromatic heterocycles. The van der Waals surface area contributed by atoms with Crippen LogP contribution >= 0.6 is 11.6 Å². The van der Waals surface area contributed by atoms with Gasteiger partial charge in [0.05, 0.1) is 11.1 Å². The topological polar surface area (TPSA) is 26.0 Å². The second-order valence-electron chi connectivity index (χ2n) is 4.51. The lowest BCUT2D eigenvalue weighted by Crippen LogP contribution is -2.13. The first kappa shape index (κ1) is 13.1. The van der Waals surface area contributed by atoms with E-state index in [0.29, 0.717) is 0 Å². The second-order valence-corrected chi connectivity index (χ2v) is 4.92. The molecular weight excluding hydrogens is 249 g/mol. The SMILES string of the molecule is Cc1ccc(C)c(C(N)c2ccc(Cl)c(F)c2)c1. The predicted octanol–water partition coefficient (Wildman–Crippen LogP) is 4.14. The highest BCUT2D eigenvalue weighted by atomic mass is 35.5. The Labute approximate surface area is 111 Å². The first-order valence-corrected chi connectivity index (χ1v) is 6.14. The highest BCUT2D eigenvalue weighted by Gasteiger charge is 2.13. The highest BCUT2D eigenvalue weighted by molar-refractivity contribution is 6.30. The van der Waals surface area contributed by atoms with Crippen LogP contribution in [0.1, 0.15) is 28.3 Å². The van der Waals surface area contributed by atoms with Gasteiger partial charge in [0.2, 0.25) is 0 Å². The van der Waals surface area contributed by atoms with Gasteiger partial charge in [-0.25, -0.2) is 4.39 Å². The molecule has 0 bridgehead atoms. The van der Waals surface area contributed by atoms with Crippen LogP contribution in [0.4, 0.5) is 4.39 Å². The van der Waals surface area contributed by atoms with Crippen molar-refractivity contribution in [2.75, 3.05) is 0 Å². The number of halogens is 2. The summed E-state index contributed by atoms with van der Waals surface area (Å²) in [5, 5.41) is 0.118. The smallest absolute Gasteiger partial charge is 0.142 e. The molecule has 18 heavy (non-hydrogen) atoms. The number of nitrogens with two attached hydrogens (primary N) is 1. The Bertz CT molecular complexity index is 581. The largest absolute Gasteiger partial charge is 0.320 e. The normalized spacial score (nSPS) is 12.5. The van der Waals surface area contributed by atoms with E-state index in [1.165, 1.54) is 12.1 Å². The fourth-order valence-electron chi connectivity index (χ4n) is 1.98. The molecule has 1 unspecified atom stereocenters. The van der Waals surface area contributed by atoms with Crippen LogP contribution in [-0.2, 0) is 0 Å². The molecule has 0 heterocycles. The quantitative estimate of drug-likeness (QED) is 0.866. The molecule has 2 aromatic rings. The van der Waals surface area contributed by atoms with Gasteiger partial charge in [0.1, 0.15) is 5.82 Å². The molecule has 0 saturated carbocycles. The van der Waals surface area contributed by atoms with Gasteiger partial charge in [-0.05, 0) is 42.7 Å².